The van der Waals surface area contributed by atoms with Gasteiger partial charge in [0.05, 0.1) is 6.61 Å². The fourth-order valence-electron chi connectivity index (χ4n) is 0.955. The van der Waals surface area contributed by atoms with E-state index in [1.807, 2.05) is 6.92 Å². The Balaban J connectivity index is 3.39. The Bertz CT molecular complexity index is 154. The quantitative estimate of drug-likeness (QED) is 0.472. The van der Waals surface area contributed by atoms with Crippen LogP contribution in [0, 0.1) is 5.92 Å². The molecule has 1 atom stereocenters. The number of hydrogen-bond donors (Lipinski definition) is 0. The van der Waals surface area contributed by atoms with E-state index in [1.165, 1.54) is 6.08 Å². The predicted molar refractivity (Wildman–Crippen MR) is 51.6 cm³/mol. The number of hydrogen-bond acceptors (Lipinski definition) is 3. The van der Waals surface area contributed by atoms with Crippen molar-refractivity contribution >= 4 is 6.16 Å². The molecular weight excluding hydrogens is 168 g/mol. The van der Waals surface area contributed by atoms with Crippen molar-refractivity contribution in [3.63, 3.8) is 0 Å². The Morgan fingerprint density at radius 2 is 2.23 bits per heavy atom. The maximum atomic E-state index is 10.8. The van der Waals surface area contributed by atoms with Gasteiger partial charge in [0.15, 0.2) is 0 Å². The third kappa shape index (κ3) is 7.37. The van der Waals surface area contributed by atoms with Crippen molar-refractivity contribution in [1.29, 1.82) is 0 Å². The first-order valence-electron chi connectivity index (χ1n) is 4.61. The summed E-state index contributed by atoms with van der Waals surface area (Å²) in [6.07, 6.45) is 3.07. The molecule has 3 nitrogen and oxygen atoms in total. The van der Waals surface area contributed by atoms with Crippen molar-refractivity contribution in [1.82, 2.24) is 0 Å². The Morgan fingerprint density at radius 1 is 1.54 bits per heavy atom. The van der Waals surface area contributed by atoms with Crippen LogP contribution in [0.3, 0.4) is 0 Å². The van der Waals surface area contributed by atoms with Gasteiger partial charge in [-0.2, -0.15) is 0 Å². The second-order valence-electron chi connectivity index (χ2n) is 3.05. The van der Waals surface area contributed by atoms with Crippen LogP contribution < -0.4 is 0 Å². The van der Waals surface area contributed by atoms with Crippen LogP contribution in [-0.2, 0) is 9.47 Å². The summed E-state index contributed by atoms with van der Waals surface area (Å²) in [7, 11) is 0. The van der Waals surface area contributed by atoms with Crippen LogP contribution in [-0.4, -0.2) is 19.4 Å². The molecule has 0 saturated carbocycles. The Hall–Kier alpha value is -0.990. The van der Waals surface area contributed by atoms with Gasteiger partial charge in [-0.25, -0.2) is 4.79 Å². The second kappa shape index (κ2) is 7.65. The lowest BCUT2D eigenvalue weighted by Gasteiger charge is -2.09. The average molecular weight is 186 g/mol. The molecule has 0 aliphatic rings. The fraction of sp³-hybridized carbons (Fsp3) is 0.700. The first-order valence-corrected chi connectivity index (χ1v) is 4.61. The third-order valence-electron chi connectivity index (χ3n) is 1.59. The SMILES string of the molecule is C=CCOC(=O)OCC(C)CCC. The standard InChI is InChI=1S/C10H18O3/c1-4-6-9(3)8-13-10(11)12-7-5-2/h5,9H,2,4,6-8H2,1,3H3. The molecule has 1 unspecified atom stereocenters. The van der Waals surface area contributed by atoms with Crippen molar-refractivity contribution in [3.05, 3.63) is 12.7 Å². The zero-order chi connectivity index (χ0) is 10.1. The largest absolute Gasteiger partial charge is 0.508 e. The zero-order valence-electron chi connectivity index (χ0n) is 8.41. The zero-order valence-corrected chi connectivity index (χ0v) is 8.41. The lowest BCUT2D eigenvalue weighted by Crippen LogP contribution is -2.13. The molecule has 13 heavy (non-hydrogen) atoms. The van der Waals surface area contributed by atoms with Crippen LogP contribution in [0.25, 0.3) is 0 Å². The molecule has 0 N–H and O–H groups in total. The summed E-state index contributed by atoms with van der Waals surface area (Å²) in [5.74, 6) is 0.404. The van der Waals surface area contributed by atoms with Gasteiger partial charge in [0.1, 0.15) is 6.61 Å². The lowest BCUT2D eigenvalue weighted by atomic mass is 10.1. The summed E-state index contributed by atoms with van der Waals surface area (Å²) in [6, 6.07) is 0. The number of ether oxygens (including phenoxy) is 2. The predicted octanol–water partition coefficient (Wildman–Crippen LogP) is 2.76. The highest BCUT2D eigenvalue weighted by Crippen LogP contribution is 2.05. The minimum atomic E-state index is -0.608. The maximum absolute atomic E-state index is 10.8. The molecule has 0 aromatic heterocycles. The summed E-state index contributed by atoms with van der Waals surface area (Å²) < 4.78 is 9.49. The van der Waals surface area contributed by atoms with Crippen LogP contribution in [0.2, 0.25) is 0 Å². The first kappa shape index (κ1) is 12.0. The topological polar surface area (TPSA) is 35.5 Å². The molecule has 0 aliphatic carbocycles. The minimum Gasteiger partial charge on any atom is -0.434 e. The third-order valence-corrected chi connectivity index (χ3v) is 1.59. The van der Waals surface area contributed by atoms with Crippen molar-refractivity contribution in [2.24, 2.45) is 5.92 Å². The van der Waals surface area contributed by atoms with Crippen molar-refractivity contribution in [3.8, 4) is 0 Å². The van der Waals surface area contributed by atoms with E-state index in [9.17, 15) is 4.79 Å². The van der Waals surface area contributed by atoms with Crippen LogP contribution >= 0.6 is 0 Å². The van der Waals surface area contributed by atoms with Crippen molar-refractivity contribution < 1.29 is 14.3 Å². The fourth-order valence-corrected chi connectivity index (χ4v) is 0.955. The molecule has 0 radical (unpaired) electrons. The Kier molecular flexibility index (Phi) is 7.07. The molecule has 3 heteroatoms. The highest BCUT2D eigenvalue weighted by atomic mass is 16.7. The molecule has 0 aromatic carbocycles. The highest BCUT2D eigenvalue weighted by Gasteiger charge is 2.06. The summed E-state index contributed by atoms with van der Waals surface area (Å²) in [6.45, 7) is 8.22. The second-order valence-corrected chi connectivity index (χ2v) is 3.05. The van der Waals surface area contributed by atoms with Gasteiger partial charge in [-0.3, -0.25) is 0 Å². The van der Waals surface area contributed by atoms with Crippen molar-refractivity contribution in [2.45, 2.75) is 26.7 Å². The monoisotopic (exact) mass is 186 g/mol. The van der Waals surface area contributed by atoms with Crippen LogP contribution in [0.15, 0.2) is 12.7 Å². The molecular formula is C10H18O3. The van der Waals surface area contributed by atoms with E-state index in [0.29, 0.717) is 12.5 Å². The van der Waals surface area contributed by atoms with Crippen LogP contribution in [0.5, 0.6) is 0 Å². The van der Waals surface area contributed by atoms with Gasteiger partial charge in [-0.15, -0.1) is 0 Å². The average Bonchev–Trinajstić information content (AvgIpc) is 2.12. The van der Waals surface area contributed by atoms with Crippen molar-refractivity contribution in [2.75, 3.05) is 13.2 Å². The number of carbonyl (C=O) groups excluding carboxylic acids is 1. The molecule has 0 rings (SSSR count). The van der Waals surface area contributed by atoms with Gasteiger partial charge in [0, 0.05) is 0 Å². The molecule has 0 amide bonds. The Morgan fingerprint density at radius 3 is 2.77 bits per heavy atom. The minimum absolute atomic E-state index is 0.209. The Labute approximate surface area is 79.7 Å². The van der Waals surface area contributed by atoms with Gasteiger partial charge in [-0.1, -0.05) is 32.9 Å². The van der Waals surface area contributed by atoms with Crippen LogP contribution in [0.1, 0.15) is 26.7 Å². The van der Waals surface area contributed by atoms with Gasteiger partial charge in [-0.05, 0) is 12.3 Å². The highest BCUT2D eigenvalue weighted by molar-refractivity contribution is 5.59. The maximum Gasteiger partial charge on any atom is 0.508 e. The van der Waals surface area contributed by atoms with Gasteiger partial charge in [0.2, 0.25) is 0 Å². The lowest BCUT2D eigenvalue weighted by molar-refractivity contribution is 0.0523. The summed E-state index contributed by atoms with van der Waals surface area (Å²) >= 11 is 0. The normalized spacial score (nSPS) is 11.8. The van der Waals surface area contributed by atoms with E-state index in [0.717, 1.165) is 12.8 Å². The molecule has 0 fully saturated rings. The molecule has 0 bridgehead atoms. The van der Waals surface area contributed by atoms with E-state index in [2.05, 4.69) is 18.2 Å². The summed E-state index contributed by atoms with van der Waals surface area (Å²) in [5.41, 5.74) is 0. The van der Waals surface area contributed by atoms with E-state index in [4.69, 9.17) is 4.74 Å². The molecule has 0 saturated heterocycles. The summed E-state index contributed by atoms with van der Waals surface area (Å²) in [5, 5.41) is 0. The molecule has 0 aliphatic heterocycles. The molecule has 76 valence electrons. The molecule has 0 spiro atoms. The molecule has 0 aromatic rings. The van der Waals surface area contributed by atoms with Gasteiger partial charge < -0.3 is 9.47 Å². The summed E-state index contributed by atoms with van der Waals surface area (Å²) in [4.78, 5) is 10.8. The van der Waals surface area contributed by atoms with E-state index in [-0.39, 0.29) is 6.61 Å². The smallest absolute Gasteiger partial charge is 0.434 e. The number of carbonyl (C=O) groups is 1. The van der Waals surface area contributed by atoms with E-state index >= 15 is 0 Å². The van der Waals surface area contributed by atoms with E-state index < -0.39 is 6.16 Å². The number of rotatable bonds is 6. The van der Waals surface area contributed by atoms with Gasteiger partial charge in [0.25, 0.3) is 0 Å². The van der Waals surface area contributed by atoms with Gasteiger partial charge >= 0.3 is 6.16 Å². The van der Waals surface area contributed by atoms with Crippen LogP contribution in [0.4, 0.5) is 4.79 Å². The first-order chi connectivity index (χ1) is 6.20. The van der Waals surface area contributed by atoms with E-state index in [1.54, 1.807) is 0 Å². The molecule has 0 heterocycles.